The first-order chi connectivity index (χ1) is 6.76. The minimum atomic E-state index is -1.35. The molecule has 0 amide bonds. The molecule has 0 bridgehead atoms. The normalized spacial score (nSPS) is 12.5. The summed E-state index contributed by atoms with van der Waals surface area (Å²) in [7, 11) is -1.35. The molecule has 84 valence electrons. The quantitative estimate of drug-likeness (QED) is 0.274. The summed E-state index contributed by atoms with van der Waals surface area (Å²) in [6, 6.07) is 0. The van der Waals surface area contributed by atoms with Crippen molar-refractivity contribution in [3.8, 4) is 0 Å². The van der Waals surface area contributed by atoms with Gasteiger partial charge in [-0.2, -0.15) is 0 Å². The summed E-state index contributed by atoms with van der Waals surface area (Å²) in [5.74, 6) is 0. The maximum absolute atomic E-state index is 11.3. The van der Waals surface area contributed by atoms with Crippen molar-refractivity contribution >= 4 is 13.9 Å². The topological polar surface area (TPSA) is 54.0 Å². The molecule has 0 rings (SSSR count). The Morgan fingerprint density at radius 1 is 1.07 bits per heavy atom. The van der Waals surface area contributed by atoms with E-state index < -0.39 is 8.15 Å². The number of rotatable bonds is 8. The zero-order chi connectivity index (χ0) is 10.8. The minimum Gasteiger partial charge on any atom is -0.461 e. The second-order valence-electron chi connectivity index (χ2n) is 2.15. The molecule has 0 aliphatic rings. The highest BCUT2D eigenvalue weighted by molar-refractivity contribution is 7.69. The van der Waals surface area contributed by atoms with E-state index >= 15 is 0 Å². The van der Waals surface area contributed by atoms with Crippen LogP contribution in [-0.2, 0) is 19.0 Å². The van der Waals surface area contributed by atoms with Gasteiger partial charge in [0.1, 0.15) is 6.35 Å². The molecule has 0 aliphatic carbocycles. The second kappa shape index (κ2) is 9.34. The Labute approximate surface area is 85.4 Å². The number of ether oxygens (including phenoxy) is 1. The van der Waals surface area contributed by atoms with Crippen molar-refractivity contribution in [2.75, 3.05) is 26.2 Å². The summed E-state index contributed by atoms with van der Waals surface area (Å²) in [6.45, 7) is 6.61. The van der Waals surface area contributed by atoms with E-state index in [1.54, 1.807) is 13.8 Å². The van der Waals surface area contributed by atoms with Gasteiger partial charge in [-0.3, -0.25) is 0 Å². The predicted molar refractivity (Wildman–Crippen MR) is 53.1 cm³/mol. The molecule has 0 spiro atoms. The van der Waals surface area contributed by atoms with Gasteiger partial charge in [0.25, 0.3) is 0 Å². The SMILES string of the molecule is CCOOCP(OCC)C(=O)OCC. The maximum atomic E-state index is 11.3. The molecule has 0 radical (unpaired) electrons. The van der Waals surface area contributed by atoms with Crippen LogP contribution < -0.4 is 0 Å². The van der Waals surface area contributed by atoms with E-state index in [4.69, 9.17) is 14.1 Å². The van der Waals surface area contributed by atoms with Gasteiger partial charge in [-0.1, -0.05) is 0 Å². The third-order valence-corrected chi connectivity index (χ3v) is 2.57. The molecule has 0 heterocycles. The van der Waals surface area contributed by atoms with E-state index in [0.717, 1.165) is 0 Å². The van der Waals surface area contributed by atoms with E-state index in [2.05, 4.69) is 4.89 Å². The van der Waals surface area contributed by atoms with Crippen LogP contribution in [-0.4, -0.2) is 31.9 Å². The lowest BCUT2D eigenvalue weighted by Crippen LogP contribution is -2.07. The minimum absolute atomic E-state index is 0.121. The van der Waals surface area contributed by atoms with Crippen LogP contribution in [0.3, 0.4) is 0 Å². The van der Waals surface area contributed by atoms with Crippen LogP contribution in [0.15, 0.2) is 0 Å². The number of carbonyl (C=O) groups is 1. The molecule has 1 unspecified atom stereocenters. The van der Waals surface area contributed by atoms with Gasteiger partial charge in [0.2, 0.25) is 0 Å². The molecule has 5 nitrogen and oxygen atoms in total. The molecule has 14 heavy (non-hydrogen) atoms. The summed E-state index contributed by atoms with van der Waals surface area (Å²) in [5, 5.41) is 0. The summed E-state index contributed by atoms with van der Waals surface area (Å²) in [6.07, 6.45) is 0.121. The molecule has 0 saturated carbocycles. The Morgan fingerprint density at radius 3 is 2.29 bits per heavy atom. The second-order valence-corrected chi connectivity index (χ2v) is 3.79. The summed E-state index contributed by atoms with van der Waals surface area (Å²) in [5.41, 5.74) is -0.357. The van der Waals surface area contributed by atoms with Gasteiger partial charge in [-0.25, -0.2) is 14.6 Å². The molecule has 0 N–H and O–H groups in total. The molecule has 0 aliphatic heterocycles. The van der Waals surface area contributed by atoms with Crippen LogP contribution in [0.2, 0.25) is 0 Å². The molecule has 0 aromatic carbocycles. The molecule has 0 aromatic heterocycles. The molecule has 0 saturated heterocycles. The zero-order valence-corrected chi connectivity index (χ0v) is 9.71. The predicted octanol–water partition coefficient (Wildman–Crippen LogP) is 2.50. The van der Waals surface area contributed by atoms with Crippen LogP contribution in [0.4, 0.5) is 4.79 Å². The summed E-state index contributed by atoms with van der Waals surface area (Å²) >= 11 is 0. The lowest BCUT2D eigenvalue weighted by Gasteiger charge is -2.13. The highest BCUT2D eigenvalue weighted by Gasteiger charge is 2.21. The van der Waals surface area contributed by atoms with Crippen molar-refractivity contribution in [2.24, 2.45) is 0 Å². The van der Waals surface area contributed by atoms with Crippen LogP contribution in [0.5, 0.6) is 0 Å². The Balaban J connectivity index is 3.81. The summed E-state index contributed by atoms with van der Waals surface area (Å²) < 4.78 is 10.0. The largest absolute Gasteiger partial charge is 0.461 e. The maximum Gasteiger partial charge on any atom is 0.356 e. The van der Waals surface area contributed by atoms with E-state index in [1.165, 1.54) is 0 Å². The smallest absolute Gasteiger partial charge is 0.356 e. The van der Waals surface area contributed by atoms with Gasteiger partial charge in [-0.05, 0) is 20.8 Å². The lowest BCUT2D eigenvalue weighted by molar-refractivity contribution is -0.277. The van der Waals surface area contributed by atoms with Crippen LogP contribution in [0, 0.1) is 0 Å². The van der Waals surface area contributed by atoms with Gasteiger partial charge in [0.15, 0.2) is 8.15 Å². The van der Waals surface area contributed by atoms with E-state index in [9.17, 15) is 4.79 Å². The van der Waals surface area contributed by atoms with Gasteiger partial charge in [0, 0.05) is 6.61 Å². The van der Waals surface area contributed by atoms with E-state index in [1.807, 2.05) is 6.92 Å². The lowest BCUT2D eigenvalue weighted by atomic mass is 10.9. The Kier molecular flexibility index (Phi) is 9.19. The Bertz CT molecular complexity index is 153. The van der Waals surface area contributed by atoms with Crippen molar-refractivity contribution in [1.82, 2.24) is 0 Å². The van der Waals surface area contributed by atoms with Gasteiger partial charge < -0.3 is 9.26 Å². The molecule has 1 atom stereocenters. The molecular formula is C8H17O5P. The standard InChI is InChI=1S/C8H17O5P/c1-4-10-8(9)14(13-6-3)7-12-11-5-2/h4-7H2,1-3H3. The first-order valence-electron chi connectivity index (χ1n) is 4.57. The van der Waals surface area contributed by atoms with E-state index in [-0.39, 0.29) is 12.1 Å². The fraction of sp³-hybridized carbons (Fsp3) is 0.875. The van der Waals surface area contributed by atoms with Crippen molar-refractivity contribution in [2.45, 2.75) is 20.8 Å². The zero-order valence-electron chi connectivity index (χ0n) is 8.82. The van der Waals surface area contributed by atoms with E-state index in [0.29, 0.717) is 19.8 Å². The van der Waals surface area contributed by atoms with Crippen LogP contribution in [0.25, 0.3) is 0 Å². The van der Waals surface area contributed by atoms with Gasteiger partial charge in [-0.15, -0.1) is 0 Å². The van der Waals surface area contributed by atoms with Crippen molar-refractivity contribution < 1.29 is 23.8 Å². The third-order valence-electron chi connectivity index (χ3n) is 1.13. The molecular weight excluding hydrogens is 207 g/mol. The first kappa shape index (κ1) is 13.8. The highest BCUT2D eigenvalue weighted by atomic mass is 31.1. The van der Waals surface area contributed by atoms with Gasteiger partial charge in [0.05, 0.1) is 13.2 Å². The fourth-order valence-corrected chi connectivity index (χ4v) is 1.70. The fourth-order valence-electron chi connectivity index (χ4n) is 0.662. The van der Waals surface area contributed by atoms with Crippen LogP contribution in [0.1, 0.15) is 20.8 Å². The number of carbonyl (C=O) groups excluding carboxylic acids is 1. The first-order valence-corrected chi connectivity index (χ1v) is 6.02. The average molecular weight is 224 g/mol. The third kappa shape index (κ3) is 6.27. The Hall–Kier alpha value is -0.220. The molecule has 0 fully saturated rings. The van der Waals surface area contributed by atoms with Gasteiger partial charge >= 0.3 is 5.71 Å². The Morgan fingerprint density at radius 2 is 1.79 bits per heavy atom. The van der Waals surface area contributed by atoms with Crippen molar-refractivity contribution in [3.05, 3.63) is 0 Å². The summed E-state index contributed by atoms with van der Waals surface area (Å²) in [4.78, 5) is 20.7. The van der Waals surface area contributed by atoms with Crippen molar-refractivity contribution in [1.29, 1.82) is 0 Å². The number of hydrogen-bond acceptors (Lipinski definition) is 5. The molecule has 0 aromatic rings. The van der Waals surface area contributed by atoms with Crippen molar-refractivity contribution in [3.63, 3.8) is 0 Å². The van der Waals surface area contributed by atoms with Crippen LogP contribution >= 0.6 is 8.15 Å². The average Bonchev–Trinajstić information content (AvgIpc) is 2.17. The highest BCUT2D eigenvalue weighted by Crippen LogP contribution is 2.38. The monoisotopic (exact) mass is 224 g/mol. The number of hydrogen-bond donors (Lipinski definition) is 0. The molecule has 6 heteroatoms.